The van der Waals surface area contributed by atoms with E-state index < -0.39 is 5.79 Å². The standard InChI is InChI=1S/C16H20O3/c1-4-13(10-12-8-6-5-7-9-12)14-11-15(17)19-16(2,3)18-14/h5-9,11,13H,4,10H2,1-3H3/t13-/m0/s1. The molecule has 1 aromatic rings. The zero-order valence-corrected chi connectivity index (χ0v) is 11.7. The average Bonchev–Trinajstić information content (AvgIpc) is 2.34. The quantitative estimate of drug-likeness (QED) is 0.778. The summed E-state index contributed by atoms with van der Waals surface area (Å²) in [5.74, 6) is -0.259. The minimum absolute atomic E-state index is 0.203. The molecule has 0 saturated carbocycles. The van der Waals surface area contributed by atoms with Crippen LogP contribution in [0.5, 0.6) is 0 Å². The Bertz CT molecular complexity index is 474. The SMILES string of the molecule is CC[C@@H](Cc1ccccc1)C1=CC(=O)OC(C)(C)O1. The van der Waals surface area contributed by atoms with Gasteiger partial charge in [-0.1, -0.05) is 37.3 Å². The zero-order valence-electron chi connectivity index (χ0n) is 11.7. The summed E-state index contributed by atoms with van der Waals surface area (Å²) in [7, 11) is 0. The molecule has 0 saturated heterocycles. The third-order valence-electron chi connectivity index (χ3n) is 3.19. The van der Waals surface area contributed by atoms with Crippen molar-refractivity contribution in [2.45, 2.75) is 39.4 Å². The lowest BCUT2D eigenvalue weighted by Gasteiger charge is -2.33. The fourth-order valence-electron chi connectivity index (χ4n) is 2.27. The van der Waals surface area contributed by atoms with Crippen LogP contribution in [0.15, 0.2) is 42.2 Å². The highest BCUT2D eigenvalue weighted by molar-refractivity contribution is 5.83. The van der Waals surface area contributed by atoms with Crippen molar-refractivity contribution < 1.29 is 14.3 Å². The van der Waals surface area contributed by atoms with Gasteiger partial charge in [0.05, 0.1) is 6.08 Å². The molecule has 3 nitrogen and oxygen atoms in total. The first-order valence-electron chi connectivity index (χ1n) is 6.67. The van der Waals surface area contributed by atoms with Crippen LogP contribution in [-0.2, 0) is 20.7 Å². The maximum atomic E-state index is 11.6. The van der Waals surface area contributed by atoms with Gasteiger partial charge in [-0.15, -0.1) is 0 Å². The molecule has 1 heterocycles. The lowest BCUT2D eigenvalue weighted by Crippen LogP contribution is -2.36. The van der Waals surface area contributed by atoms with E-state index in [1.54, 1.807) is 13.8 Å². The highest BCUT2D eigenvalue weighted by Gasteiger charge is 2.32. The topological polar surface area (TPSA) is 35.5 Å². The molecule has 2 rings (SSSR count). The lowest BCUT2D eigenvalue weighted by molar-refractivity contribution is -0.208. The number of esters is 1. The first-order valence-corrected chi connectivity index (χ1v) is 6.67. The van der Waals surface area contributed by atoms with Gasteiger partial charge >= 0.3 is 5.97 Å². The predicted molar refractivity (Wildman–Crippen MR) is 73.3 cm³/mol. The summed E-state index contributed by atoms with van der Waals surface area (Å²) in [6.45, 7) is 5.62. The smallest absolute Gasteiger partial charge is 0.337 e. The van der Waals surface area contributed by atoms with Crippen molar-refractivity contribution in [2.75, 3.05) is 0 Å². The van der Waals surface area contributed by atoms with Crippen LogP contribution in [0.3, 0.4) is 0 Å². The summed E-state index contributed by atoms with van der Waals surface area (Å²) < 4.78 is 10.9. The Hall–Kier alpha value is -1.77. The van der Waals surface area contributed by atoms with Crippen LogP contribution < -0.4 is 0 Å². The van der Waals surface area contributed by atoms with Crippen molar-refractivity contribution in [2.24, 2.45) is 5.92 Å². The molecular formula is C16H20O3. The number of allylic oxidation sites excluding steroid dienone is 1. The molecule has 0 fully saturated rings. The number of rotatable bonds is 4. The molecule has 0 N–H and O–H groups in total. The molecule has 0 spiro atoms. The van der Waals surface area contributed by atoms with Gasteiger partial charge in [-0.2, -0.15) is 0 Å². The Morgan fingerprint density at radius 1 is 1.16 bits per heavy atom. The average molecular weight is 260 g/mol. The van der Waals surface area contributed by atoms with Gasteiger partial charge in [0.15, 0.2) is 0 Å². The third-order valence-corrected chi connectivity index (χ3v) is 3.19. The molecule has 0 unspecified atom stereocenters. The number of carbonyl (C=O) groups is 1. The highest BCUT2D eigenvalue weighted by atomic mass is 16.7. The fourth-order valence-corrected chi connectivity index (χ4v) is 2.27. The van der Waals surface area contributed by atoms with E-state index in [1.807, 2.05) is 18.2 Å². The normalized spacial score (nSPS) is 19.1. The van der Waals surface area contributed by atoms with E-state index in [9.17, 15) is 4.79 Å². The number of benzene rings is 1. The second-order valence-electron chi connectivity index (χ2n) is 5.26. The summed E-state index contributed by atoms with van der Waals surface area (Å²) in [6, 6.07) is 10.2. The largest absolute Gasteiger partial charge is 0.457 e. The van der Waals surface area contributed by atoms with Gasteiger partial charge in [0, 0.05) is 19.8 Å². The Morgan fingerprint density at radius 3 is 2.42 bits per heavy atom. The van der Waals surface area contributed by atoms with Crippen LogP contribution in [0.4, 0.5) is 0 Å². The van der Waals surface area contributed by atoms with Crippen LogP contribution in [0.2, 0.25) is 0 Å². The number of ether oxygens (including phenoxy) is 2. The Morgan fingerprint density at radius 2 is 1.84 bits per heavy atom. The van der Waals surface area contributed by atoms with Crippen molar-refractivity contribution in [1.29, 1.82) is 0 Å². The fraction of sp³-hybridized carbons (Fsp3) is 0.438. The summed E-state index contributed by atoms with van der Waals surface area (Å²) in [4.78, 5) is 11.6. The maximum absolute atomic E-state index is 11.6. The van der Waals surface area contributed by atoms with Gasteiger partial charge in [-0.25, -0.2) is 4.79 Å². The molecule has 0 bridgehead atoms. The molecule has 0 radical (unpaired) electrons. The van der Waals surface area contributed by atoms with E-state index in [0.29, 0.717) is 0 Å². The van der Waals surface area contributed by atoms with E-state index in [0.717, 1.165) is 18.6 Å². The number of carbonyl (C=O) groups excluding carboxylic acids is 1. The molecule has 19 heavy (non-hydrogen) atoms. The Kier molecular flexibility index (Phi) is 3.93. The third kappa shape index (κ3) is 3.60. The minimum atomic E-state index is -0.870. The van der Waals surface area contributed by atoms with Crippen LogP contribution in [-0.4, -0.2) is 11.8 Å². The van der Waals surface area contributed by atoms with Gasteiger partial charge in [0.1, 0.15) is 5.76 Å². The second-order valence-corrected chi connectivity index (χ2v) is 5.26. The number of cyclic esters (lactones) is 1. The van der Waals surface area contributed by atoms with Crippen LogP contribution >= 0.6 is 0 Å². The van der Waals surface area contributed by atoms with Crippen LogP contribution in [0.25, 0.3) is 0 Å². The molecular weight excluding hydrogens is 240 g/mol. The molecule has 102 valence electrons. The molecule has 1 aliphatic heterocycles. The highest BCUT2D eigenvalue weighted by Crippen LogP contribution is 2.30. The Labute approximate surface area is 114 Å². The van der Waals surface area contributed by atoms with Crippen LogP contribution in [0, 0.1) is 5.92 Å². The zero-order chi connectivity index (χ0) is 13.9. The van der Waals surface area contributed by atoms with E-state index >= 15 is 0 Å². The van der Waals surface area contributed by atoms with Gasteiger partial charge < -0.3 is 9.47 Å². The summed E-state index contributed by atoms with van der Waals surface area (Å²) >= 11 is 0. The lowest BCUT2D eigenvalue weighted by atomic mass is 9.94. The molecule has 1 aliphatic rings. The molecule has 3 heteroatoms. The molecule has 1 aromatic carbocycles. The molecule has 0 amide bonds. The van der Waals surface area contributed by atoms with E-state index in [1.165, 1.54) is 11.6 Å². The van der Waals surface area contributed by atoms with Gasteiger partial charge in [0.2, 0.25) is 5.79 Å². The number of hydrogen-bond acceptors (Lipinski definition) is 3. The first-order chi connectivity index (χ1) is 9.00. The molecule has 0 aliphatic carbocycles. The van der Waals surface area contributed by atoms with Crippen molar-refractivity contribution in [3.05, 3.63) is 47.7 Å². The summed E-state index contributed by atoms with van der Waals surface area (Å²) in [5, 5.41) is 0. The summed E-state index contributed by atoms with van der Waals surface area (Å²) in [6.07, 6.45) is 3.26. The van der Waals surface area contributed by atoms with Gasteiger partial charge in [0.25, 0.3) is 0 Å². The molecule has 0 aromatic heterocycles. The van der Waals surface area contributed by atoms with Crippen molar-refractivity contribution >= 4 is 5.97 Å². The van der Waals surface area contributed by atoms with Crippen molar-refractivity contribution in [3.8, 4) is 0 Å². The monoisotopic (exact) mass is 260 g/mol. The van der Waals surface area contributed by atoms with Gasteiger partial charge in [-0.3, -0.25) is 0 Å². The minimum Gasteiger partial charge on any atom is -0.457 e. The van der Waals surface area contributed by atoms with E-state index in [-0.39, 0.29) is 11.9 Å². The van der Waals surface area contributed by atoms with E-state index in [4.69, 9.17) is 9.47 Å². The first kappa shape index (κ1) is 13.7. The summed E-state index contributed by atoms with van der Waals surface area (Å²) in [5.41, 5.74) is 1.25. The maximum Gasteiger partial charge on any atom is 0.337 e. The van der Waals surface area contributed by atoms with E-state index in [2.05, 4.69) is 19.1 Å². The van der Waals surface area contributed by atoms with Crippen molar-refractivity contribution in [3.63, 3.8) is 0 Å². The number of hydrogen-bond donors (Lipinski definition) is 0. The van der Waals surface area contributed by atoms with Gasteiger partial charge in [-0.05, 0) is 18.4 Å². The second kappa shape index (κ2) is 5.47. The molecule has 1 atom stereocenters. The Balaban J connectivity index is 2.16. The van der Waals surface area contributed by atoms with Crippen molar-refractivity contribution in [1.82, 2.24) is 0 Å². The predicted octanol–water partition coefficient (Wildman–Crippen LogP) is 3.45. The van der Waals surface area contributed by atoms with Crippen LogP contribution in [0.1, 0.15) is 32.8 Å².